The Labute approximate surface area is 114 Å². The van der Waals surface area contributed by atoms with Crippen molar-refractivity contribution in [2.24, 2.45) is 5.92 Å². The van der Waals surface area contributed by atoms with Gasteiger partial charge in [-0.1, -0.05) is 18.2 Å². The van der Waals surface area contributed by atoms with Crippen molar-refractivity contribution in [3.05, 3.63) is 29.8 Å². The van der Waals surface area contributed by atoms with Gasteiger partial charge in [-0.25, -0.2) is 13.1 Å². The highest BCUT2D eigenvalue weighted by Gasteiger charge is 2.21. The van der Waals surface area contributed by atoms with E-state index >= 15 is 0 Å². The maximum Gasteiger partial charge on any atom is 0.240 e. The molecule has 0 saturated carbocycles. The van der Waals surface area contributed by atoms with Crippen molar-refractivity contribution >= 4 is 10.0 Å². The third-order valence-corrected chi connectivity index (χ3v) is 4.74. The molecule has 0 bridgehead atoms. The summed E-state index contributed by atoms with van der Waals surface area (Å²) in [4.78, 5) is 0.350. The second-order valence-electron chi connectivity index (χ2n) is 4.72. The standard InChI is InChI=1S/C13H20N2O3S/c1-14-9-12-4-2-3-5-13(12)19(16,17)15-8-11-6-7-18-10-11/h2-5,11,14-15H,6-10H2,1H3. The van der Waals surface area contributed by atoms with Crippen LogP contribution in [-0.4, -0.2) is 35.2 Å². The molecule has 0 aliphatic carbocycles. The van der Waals surface area contributed by atoms with Gasteiger partial charge < -0.3 is 10.1 Å². The molecular formula is C13H20N2O3S. The molecule has 6 heteroatoms. The van der Waals surface area contributed by atoms with E-state index in [0.717, 1.165) is 18.6 Å². The quantitative estimate of drug-likeness (QED) is 0.808. The zero-order chi connectivity index (χ0) is 13.7. The highest BCUT2D eigenvalue weighted by molar-refractivity contribution is 7.89. The number of sulfonamides is 1. The molecule has 106 valence electrons. The Morgan fingerprint density at radius 2 is 2.16 bits per heavy atom. The van der Waals surface area contributed by atoms with Gasteiger partial charge in [0, 0.05) is 19.7 Å². The monoisotopic (exact) mass is 284 g/mol. The molecule has 1 aromatic rings. The fraction of sp³-hybridized carbons (Fsp3) is 0.538. The third-order valence-electron chi connectivity index (χ3n) is 3.22. The Kier molecular flexibility index (Phi) is 4.93. The molecule has 1 unspecified atom stereocenters. The number of ether oxygens (including phenoxy) is 1. The van der Waals surface area contributed by atoms with E-state index in [0.29, 0.717) is 24.6 Å². The summed E-state index contributed by atoms with van der Waals surface area (Å²) in [7, 11) is -1.65. The van der Waals surface area contributed by atoms with Gasteiger partial charge in [-0.05, 0) is 31.0 Å². The zero-order valence-electron chi connectivity index (χ0n) is 11.1. The van der Waals surface area contributed by atoms with Crippen LogP contribution < -0.4 is 10.0 Å². The molecule has 1 heterocycles. The van der Waals surface area contributed by atoms with Crippen LogP contribution in [0, 0.1) is 5.92 Å². The predicted octanol–water partition coefficient (Wildman–Crippen LogP) is 0.721. The lowest BCUT2D eigenvalue weighted by atomic mass is 10.1. The summed E-state index contributed by atoms with van der Waals surface area (Å²) in [5.41, 5.74) is 0.778. The van der Waals surface area contributed by atoms with Gasteiger partial charge in [0.25, 0.3) is 0 Å². The number of nitrogens with one attached hydrogen (secondary N) is 2. The van der Waals surface area contributed by atoms with Crippen molar-refractivity contribution < 1.29 is 13.2 Å². The minimum absolute atomic E-state index is 0.284. The number of benzene rings is 1. The molecule has 1 aliphatic heterocycles. The van der Waals surface area contributed by atoms with E-state index < -0.39 is 10.0 Å². The first-order chi connectivity index (χ1) is 9.13. The molecule has 1 aromatic carbocycles. The van der Waals surface area contributed by atoms with Crippen molar-refractivity contribution in [3.8, 4) is 0 Å². The Hall–Kier alpha value is -0.950. The zero-order valence-corrected chi connectivity index (χ0v) is 11.9. The lowest BCUT2D eigenvalue weighted by molar-refractivity contribution is 0.186. The van der Waals surface area contributed by atoms with E-state index in [1.807, 2.05) is 12.1 Å². The van der Waals surface area contributed by atoms with Crippen molar-refractivity contribution in [2.75, 3.05) is 26.8 Å². The van der Waals surface area contributed by atoms with Crippen LogP contribution in [0.2, 0.25) is 0 Å². The largest absolute Gasteiger partial charge is 0.381 e. The summed E-state index contributed by atoms with van der Waals surface area (Å²) in [5, 5.41) is 2.98. The summed E-state index contributed by atoms with van der Waals surface area (Å²) in [6.07, 6.45) is 0.917. The summed E-state index contributed by atoms with van der Waals surface area (Å²) >= 11 is 0. The van der Waals surface area contributed by atoms with Gasteiger partial charge in [-0.2, -0.15) is 0 Å². The van der Waals surface area contributed by atoms with E-state index in [4.69, 9.17) is 4.74 Å². The van der Waals surface area contributed by atoms with Crippen LogP contribution in [0.5, 0.6) is 0 Å². The maximum absolute atomic E-state index is 12.3. The highest BCUT2D eigenvalue weighted by atomic mass is 32.2. The lowest BCUT2D eigenvalue weighted by Gasteiger charge is -2.13. The minimum atomic E-state index is -3.45. The Morgan fingerprint density at radius 1 is 1.37 bits per heavy atom. The molecule has 19 heavy (non-hydrogen) atoms. The summed E-state index contributed by atoms with van der Waals surface area (Å²) in [5.74, 6) is 0.284. The first-order valence-corrected chi connectivity index (χ1v) is 7.91. The molecule has 2 rings (SSSR count). The van der Waals surface area contributed by atoms with Crippen LogP contribution in [0.25, 0.3) is 0 Å². The molecule has 1 saturated heterocycles. The lowest BCUT2D eigenvalue weighted by Crippen LogP contribution is -2.30. The molecule has 1 atom stereocenters. The number of hydrogen-bond acceptors (Lipinski definition) is 4. The Morgan fingerprint density at radius 3 is 2.84 bits per heavy atom. The first-order valence-electron chi connectivity index (χ1n) is 6.43. The SMILES string of the molecule is CNCc1ccccc1S(=O)(=O)NCC1CCOC1. The van der Waals surface area contributed by atoms with Gasteiger partial charge in [0.2, 0.25) is 10.0 Å². The van der Waals surface area contributed by atoms with Crippen molar-refractivity contribution in [3.63, 3.8) is 0 Å². The number of hydrogen-bond donors (Lipinski definition) is 2. The first kappa shape index (κ1) is 14.5. The van der Waals surface area contributed by atoms with Crippen molar-refractivity contribution in [1.82, 2.24) is 10.0 Å². The molecule has 0 aromatic heterocycles. The van der Waals surface area contributed by atoms with Crippen LogP contribution in [0.3, 0.4) is 0 Å². The highest BCUT2D eigenvalue weighted by Crippen LogP contribution is 2.17. The van der Waals surface area contributed by atoms with Gasteiger partial charge >= 0.3 is 0 Å². The summed E-state index contributed by atoms with van der Waals surface area (Å²) in [6, 6.07) is 7.05. The van der Waals surface area contributed by atoms with E-state index in [1.165, 1.54) is 0 Å². The van der Waals surface area contributed by atoms with E-state index in [-0.39, 0.29) is 5.92 Å². The van der Waals surface area contributed by atoms with Gasteiger partial charge in [-0.3, -0.25) is 0 Å². The minimum Gasteiger partial charge on any atom is -0.381 e. The Bertz CT molecular complexity index is 510. The van der Waals surface area contributed by atoms with Gasteiger partial charge in [-0.15, -0.1) is 0 Å². The maximum atomic E-state index is 12.3. The smallest absolute Gasteiger partial charge is 0.240 e. The topological polar surface area (TPSA) is 67.4 Å². The molecular weight excluding hydrogens is 264 g/mol. The van der Waals surface area contributed by atoms with Crippen LogP contribution in [0.15, 0.2) is 29.2 Å². The molecule has 0 amide bonds. The van der Waals surface area contributed by atoms with E-state index in [9.17, 15) is 8.42 Å². The van der Waals surface area contributed by atoms with E-state index in [1.54, 1.807) is 19.2 Å². The fourth-order valence-corrected chi connectivity index (χ4v) is 3.51. The van der Waals surface area contributed by atoms with Crippen molar-refractivity contribution in [1.29, 1.82) is 0 Å². The predicted molar refractivity (Wildman–Crippen MR) is 73.3 cm³/mol. The Balaban J connectivity index is 2.09. The van der Waals surface area contributed by atoms with Gasteiger partial charge in [0.05, 0.1) is 11.5 Å². The van der Waals surface area contributed by atoms with E-state index in [2.05, 4.69) is 10.0 Å². The summed E-state index contributed by atoms with van der Waals surface area (Å²) in [6.45, 7) is 2.34. The summed E-state index contributed by atoms with van der Waals surface area (Å²) < 4.78 is 32.5. The molecule has 5 nitrogen and oxygen atoms in total. The van der Waals surface area contributed by atoms with Gasteiger partial charge in [0.15, 0.2) is 0 Å². The molecule has 0 radical (unpaired) electrons. The molecule has 1 aliphatic rings. The van der Waals surface area contributed by atoms with Crippen molar-refractivity contribution in [2.45, 2.75) is 17.9 Å². The fourth-order valence-electron chi connectivity index (χ4n) is 2.15. The van der Waals surface area contributed by atoms with Crippen LogP contribution in [0.4, 0.5) is 0 Å². The normalized spacial score (nSPS) is 19.7. The molecule has 0 spiro atoms. The van der Waals surface area contributed by atoms with Crippen LogP contribution in [0.1, 0.15) is 12.0 Å². The third kappa shape index (κ3) is 3.76. The van der Waals surface area contributed by atoms with Crippen LogP contribution in [-0.2, 0) is 21.3 Å². The second kappa shape index (κ2) is 6.47. The average Bonchev–Trinajstić information content (AvgIpc) is 2.91. The number of rotatable bonds is 6. The molecule has 1 fully saturated rings. The van der Waals surface area contributed by atoms with Crippen LogP contribution >= 0.6 is 0 Å². The van der Waals surface area contributed by atoms with Gasteiger partial charge in [0.1, 0.15) is 0 Å². The second-order valence-corrected chi connectivity index (χ2v) is 6.45. The average molecular weight is 284 g/mol. The molecule has 2 N–H and O–H groups in total.